The molecule has 0 bridgehead atoms. The number of nitrogens with one attached hydrogen (secondary N) is 1. The second-order valence-corrected chi connectivity index (χ2v) is 8.44. The van der Waals surface area contributed by atoms with Gasteiger partial charge in [0.1, 0.15) is 5.76 Å². The topological polar surface area (TPSA) is 47.6 Å². The van der Waals surface area contributed by atoms with Crippen LogP contribution in [0.1, 0.15) is 72.1 Å². The quantitative estimate of drug-likeness (QED) is 0.361. The SMILES string of the molecule is CCCCOC1=CC(OCCCC)CC=C1C(C)CC(=O)NCCC1C=CC=CC1. The van der Waals surface area contributed by atoms with E-state index in [0.29, 0.717) is 18.9 Å². The first-order chi connectivity index (χ1) is 14.6. The van der Waals surface area contributed by atoms with Crippen molar-refractivity contribution in [3.8, 4) is 0 Å². The molecular formula is C26H41NO3. The van der Waals surface area contributed by atoms with Crippen LogP contribution in [0.15, 0.2) is 47.8 Å². The summed E-state index contributed by atoms with van der Waals surface area (Å²) in [4.78, 5) is 12.5. The van der Waals surface area contributed by atoms with E-state index < -0.39 is 0 Å². The van der Waals surface area contributed by atoms with Crippen molar-refractivity contribution in [1.29, 1.82) is 0 Å². The third-order valence-electron chi connectivity index (χ3n) is 5.71. The summed E-state index contributed by atoms with van der Waals surface area (Å²) in [5.74, 6) is 1.70. The van der Waals surface area contributed by atoms with E-state index in [9.17, 15) is 4.79 Å². The summed E-state index contributed by atoms with van der Waals surface area (Å²) in [6.45, 7) is 8.69. The van der Waals surface area contributed by atoms with Gasteiger partial charge in [0.15, 0.2) is 0 Å². The predicted octanol–water partition coefficient (Wildman–Crippen LogP) is 5.87. The van der Waals surface area contributed by atoms with Crippen LogP contribution >= 0.6 is 0 Å². The fraction of sp³-hybridized carbons (Fsp3) is 0.654. The van der Waals surface area contributed by atoms with Crippen molar-refractivity contribution in [3.63, 3.8) is 0 Å². The Hall–Kier alpha value is -1.81. The van der Waals surface area contributed by atoms with E-state index in [-0.39, 0.29) is 17.9 Å². The zero-order valence-corrected chi connectivity index (χ0v) is 19.2. The largest absolute Gasteiger partial charge is 0.494 e. The lowest BCUT2D eigenvalue weighted by molar-refractivity contribution is -0.121. The second kappa shape index (κ2) is 14.2. The van der Waals surface area contributed by atoms with Crippen LogP contribution in [0.25, 0.3) is 0 Å². The summed E-state index contributed by atoms with van der Waals surface area (Å²) in [5, 5.41) is 3.10. The monoisotopic (exact) mass is 415 g/mol. The molecule has 4 heteroatoms. The molecule has 2 aliphatic rings. The minimum atomic E-state index is 0.0792. The van der Waals surface area contributed by atoms with Gasteiger partial charge in [-0.2, -0.15) is 0 Å². The third kappa shape index (κ3) is 8.91. The van der Waals surface area contributed by atoms with E-state index in [2.05, 4.69) is 62.5 Å². The molecule has 0 saturated carbocycles. The molecule has 1 amide bonds. The number of hydrogen-bond donors (Lipinski definition) is 1. The van der Waals surface area contributed by atoms with E-state index >= 15 is 0 Å². The van der Waals surface area contributed by atoms with Gasteiger partial charge in [-0.15, -0.1) is 0 Å². The molecule has 0 aromatic rings. The zero-order valence-electron chi connectivity index (χ0n) is 19.2. The van der Waals surface area contributed by atoms with Crippen LogP contribution in [-0.2, 0) is 14.3 Å². The van der Waals surface area contributed by atoms with Crippen LogP contribution in [-0.4, -0.2) is 31.8 Å². The van der Waals surface area contributed by atoms with Crippen LogP contribution in [0.5, 0.6) is 0 Å². The molecule has 0 saturated heterocycles. The van der Waals surface area contributed by atoms with E-state index in [1.807, 2.05) is 0 Å². The fourth-order valence-electron chi connectivity index (χ4n) is 3.78. The summed E-state index contributed by atoms with van der Waals surface area (Å²) in [7, 11) is 0. The Morgan fingerprint density at radius 1 is 1.17 bits per heavy atom. The van der Waals surface area contributed by atoms with Crippen molar-refractivity contribution in [2.45, 2.75) is 78.2 Å². The highest BCUT2D eigenvalue weighted by molar-refractivity contribution is 5.76. The Bertz CT molecular complexity index is 632. The van der Waals surface area contributed by atoms with Crippen molar-refractivity contribution in [2.24, 2.45) is 11.8 Å². The molecule has 0 spiro atoms. The molecule has 0 aromatic carbocycles. The van der Waals surface area contributed by atoms with Gasteiger partial charge >= 0.3 is 0 Å². The average molecular weight is 416 g/mol. The van der Waals surface area contributed by atoms with E-state index in [1.165, 1.54) is 0 Å². The van der Waals surface area contributed by atoms with Crippen LogP contribution < -0.4 is 5.32 Å². The molecule has 168 valence electrons. The van der Waals surface area contributed by atoms with E-state index in [4.69, 9.17) is 9.47 Å². The molecule has 30 heavy (non-hydrogen) atoms. The molecule has 0 aliphatic heterocycles. The summed E-state index contributed by atoms with van der Waals surface area (Å²) in [6, 6.07) is 0. The van der Waals surface area contributed by atoms with Gasteiger partial charge in [-0.05, 0) is 55.6 Å². The summed E-state index contributed by atoms with van der Waals surface area (Å²) < 4.78 is 12.1. The first-order valence-corrected chi connectivity index (χ1v) is 11.9. The number of allylic oxidation sites excluding steroid dienone is 5. The Kier molecular flexibility index (Phi) is 11.6. The molecule has 0 heterocycles. The number of carbonyl (C=O) groups is 1. The van der Waals surface area contributed by atoms with Crippen molar-refractivity contribution in [1.82, 2.24) is 5.32 Å². The predicted molar refractivity (Wildman–Crippen MR) is 124 cm³/mol. The van der Waals surface area contributed by atoms with Gasteiger partial charge in [-0.1, -0.05) is 64.0 Å². The Morgan fingerprint density at radius 3 is 2.70 bits per heavy atom. The molecule has 2 aliphatic carbocycles. The Balaban J connectivity index is 1.83. The van der Waals surface area contributed by atoms with Crippen molar-refractivity contribution in [2.75, 3.05) is 19.8 Å². The van der Waals surface area contributed by atoms with Crippen LogP contribution in [0, 0.1) is 11.8 Å². The maximum absolute atomic E-state index is 12.5. The molecule has 2 rings (SSSR count). The lowest BCUT2D eigenvalue weighted by Gasteiger charge is -2.26. The maximum atomic E-state index is 12.5. The van der Waals surface area contributed by atoms with Gasteiger partial charge in [0.05, 0.1) is 12.7 Å². The van der Waals surface area contributed by atoms with E-state index in [0.717, 1.165) is 69.4 Å². The summed E-state index contributed by atoms with van der Waals surface area (Å²) in [5.41, 5.74) is 1.15. The number of hydrogen-bond acceptors (Lipinski definition) is 3. The molecule has 0 radical (unpaired) electrons. The molecule has 4 nitrogen and oxygen atoms in total. The molecular weight excluding hydrogens is 374 g/mol. The molecule has 0 fully saturated rings. The van der Waals surface area contributed by atoms with Gasteiger partial charge in [-0.25, -0.2) is 0 Å². The highest BCUT2D eigenvalue weighted by Crippen LogP contribution is 2.30. The van der Waals surface area contributed by atoms with Crippen LogP contribution in [0.4, 0.5) is 0 Å². The summed E-state index contributed by atoms with van der Waals surface area (Å²) in [6.07, 6.45) is 20.8. The zero-order chi connectivity index (χ0) is 21.6. The van der Waals surface area contributed by atoms with Gasteiger partial charge in [-0.3, -0.25) is 4.79 Å². The van der Waals surface area contributed by atoms with Gasteiger partial charge < -0.3 is 14.8 Å². The first kappa shape index (κ1) is 24.5. The number of amides is 1. The van der Waals surface area contributed by atoms with Gasteiger partial charge in [0.25, 0.3) is 0 Å². The molecule has 1 N–H and O–H groups in total. The Labute approximate surface area is 183 Å². The first-order valence-electron chi connectivity index (χ1n) is 11.9. The lowest BCUT2D eigenvalue weighted by atomic mass is 9.90. The molecule has 3 unspecified atom stereocenters. The smallest absolute Gasteiger partial charge is 0.220 e. The number of rotatable bonds is 14. The van der Waals surface area contributed by atoms with Crippen molar-refractivity contribution < 1.29 is 14.3 Å². The molecule has 0 aromatic heterocycles. The summed E-state index contributed by atoms with van der Waals surface area (Å²) >= 11 is 0. The number of ether oxygens (including phenoxy) is 2. The average Bonchev–Trinajstić information content (AvgIpc) is 2.75. The number of unbranched alkanes of at least 4 members (excludes halogenated alkanes) is 2. The lowest BCUT2D eigenvalue weighted by Crippen LogP contribution is -2.28. The van der Waals surface area contributed by atoms with Crippen LogP contribution in [0.2, 0.25) is 0 Å². The third-order valence-corrected chi connectivity index (χ3v) is 5.71. The minimum absolute atomic E-state index is 0.0792. The Morgan fingerprint density at radius 2 is 1.97 bits per heavy atom. The second-order valence-electron chi connectivity index (χ2n) is 8.44. The van der Waals surface area contributed by atoms with Gasteiger partial charge in [0, 0.05) is 19.6 Å². The fourth-order valence-corrected chi connectivity index (χ4v) is 3.78. The van der Waals surface area contributed by atoms with Crippen LogP contribution in [0.3, 0.4) is 0 Å². The van der Waals surface area contributed by atoms with Gasteiger partial charge in [0.2, 0.25) is 5.91 Å². The standard InChI is InChI=1S/C26H41NO3/c1-4-6-17-29-23-13-14-24(25(20-23)30-18-7-5-2)21(3)19-26(28)27-16-15-22-11-9-8-10-12-22/h8-11,14,20-23H,4-7,12-13,15-19H2,1-3H3,(H,27,28). The van der Waals surface area contributed by atoms with Crippen molar-refractivity contribution >= 4 is 5.91 Å². The maximum Gasteiger partial charge on any atom is 0.220 e. The highest BCUT2D eigenvalue weighted by Gasteiger charge is 2.23. The highest BCUT2D eigenvalue weighted by atomic mass is 16.5. The minimum Gasteiger partial charge on any atom is -0.494 e. The molecule has 3 atom stereocenters. The normalized spacial score (nSPS) is 21.7. The van der Waals surface area contributed by atoms with Crippen molar-refractivity contribution in [3.05, 3.63) is 47.8 Å². The van der Waals surface area contributed by atoms with E-state index in [1.54, 1.807) is 0 Å². The number of carbonyl (C=O) groups excluding carboxylic acids is 1.